The smallest absolute Gasteiger partial charge is 0.258 e. The van der Waals surface area contributed by atoms with Crippen molar-refractivity contribution in [2.75, 3.05) is 6.61 Å². The Bertz CT molecular complexity index is 577. The van der Waals surface area contributed by atoms with Crippen LogP contribution in [0.5, 0.6) is 0 Å². The van der Waals surface area contributed by atoms with Crippen LogP contribution in [-0.2, 0) is 0 Å². The summed E-state index contributed by atoms with van der Waals surface area (Å²) < 4.78 is 1.52. The van der Waals surface area contributed by atoms with Gasteiger partial charge in [-0.1, -0.05) is 11.6 Å². The zero-order chi connectivity index (χ0) is 11.7. The van der Waals surface area contributed by atoms with Crippen molar-refractivity contribution in [3.05, 3.63) is 45.8 Å². The lowest BCUT2D eigenvalue weighted by molar-refractivity contribution is 0.236. The fourth-order valence-corrected chi connectivity index (χ4v) is 1.85. The highest BCUT2D eigenvalue weighted by molar-refractivity contribution is 6.31. The molecule has 2 aromatic rings. The van der Waals surface area contributed by atoms with Crippen molar-refractivity contribution in [3.63, 3.8) is 0 Å². The maximum absolute atomic E-state index is 12.0. The van der Waals surface area contributed by atoms with Crippen LogP contribution in [0, 0.1) is 0 Å². The van der Waals surface area contributed by atoms with E-state index in [2.05, 4.69) is 0 Å². The Labute approximate surface area is 97.9 Å². The predicted molar refractivity (Wildman–Crippen MR) is 65.0 cm³/mol. The summed E-state index contributed by atoms with van der Waals surface area (Å²) in [5.74, 6) is 0. The Morgan fingerprint density at radius 3 is 2.88 bits per heavy atom. The summed E-state index contributed by atoms with van der Waals surface area (Å²) in [7, 11) is 0. The number of hydrogen-bond donors (Lipinski definition) is 1. The summed E-state index contributed by atoms with van der Waals surface area (Å²) in [6.45, 7) is 1.74. The van der Waals surface area contributed by atoms with Crippen LogP contribution in [-0.4, -0.2) is 16.3 Å². The lowest BCUT2D eigenvalue weighted by Crippen LogP contribution is -2.24. The number of aliphatic hydroxyl groups is 1. The van der Waals surface area contributed by atoms with Gasteiger partial charge in [-0.25, -0.2) is 0 Å². The fourth-order valence-electron chi connectivity index (χ4n) is 1.67. The Morgan fingerprint density at radius 2 is 2.19 bits per heavy atom. The Hall–Kier alpha value is -1.32. The van der Waals surface area contributed by atoms with E-state index in [-0.39, 0.29) is 18.2 Å². The molecule has 2 rings (SSSR count). The van der Waals surface area contributed by atoms with Crippen molar-refractivity contribution in [2.45, 2.75) is 13.0 Å². The summed E-state index contributed by atoms with van der Waals surface area (Å²) >= 11 is 5.85. The number of aliphatic hydroxyl groups excluding tert-OH is 1. The molecule has 1 heterocycles. The molecule has 1 N–H and O–H groups in total. The topological polar surface area (TPSA) is 42.2 Å². The third-order valence-corrected chi connectivity index (χ3v) is 2.87. The minimum absolute atomic E-state index is 0.0565. The van der Waals surface area contributed by atoms with E-state index >= 15 is 0 Å². The molecule has 0 saturated carbocycles. The predicted octanol–water partition coefficient (Wildman–Crippen LogP) is 2.21. The monoisotopic (exact) mass is 237 g/mol. The maximum Gasteiger partial charge on any atom is 0.258 e. The van der Waals surface area contributed by atoms with Gasteiger partial charge >= 0.3 is 0 Å². The summed E-state index contributed by atoms with van der Waals surface area (Å²) in [5, 5.41) is 11.1. The molecule has 1 atom stereocenters. The van der Waals surface area contributed by atoms with E-state index in [1.807, 2.05) is 6.07 Å². The molecule has 3 nitrogen and oxygen atoms in total. The number of fused-ring (bicyclic) bond motifs is 1. The first-order valence-electron chi connectivity index (χ1n) is 5.04. The minimum Gasteiger partial charge on any atom is -0.394 e. The molecule has 84 valence electrons. The normalized spacial score (nSPS) is 12.9. The van der Waals surface area contributed by atoms with Crippen LogP contribution in [0.4, 0.5) is 0 Å². The molecule has 1 aromatic heterocycles. The standard InChI is InChI=1S/C12H12ClNO2/c1-8(7-15)14-5-4-9-6-10(13)2-3-11(9)12(14)16/h2-6,8,15H,7H2,1H3/t8-/m1/s1. The van der Waals surface area contributed by atoms with Gasteiger partial charge < -0.3 is 9.67 Å². The molecule has 0 radical (unpaired) electrons. The van der Waals surface area contributed by atoms with Crippen molar-refractivity contribution in [2.24, 2.45) is 0 Å². The Kier molecular flexibility index (Phi) is 2.99. The first-order valence-corrected chi connectivity index (χ1v) is 5.42. The maximum atomic E-state index is 12.0. The van der Waals surface area contributed by atoms with Gasteiger partial charge in [0, 0.05) is 16.6 Å². The van der Waals surface area contributed by atoms with Gasteiger partial charge in [-0.3, -0.25) is 4.79 Å². The van der Waals surface area contributed by atoms with Gasteiger partial charge in [0.2, 0.25) is 0 Å². The van der Waals surface area contributed by atoms with Crippen LogP contribution in [0.3, 0.4) is 0 Å². The molecule has 0 amide bonds. The van der Waals surface area contributed by atoms with E-state index in [1.54, 1.807) is 31.3 Å². The highest BCUT2D eigenvalue weighted by Crippen LogP contribution is 2.17. The minimum atomic E-state index is -0.215. The van der Waals surface area contributed by atoms with E-state index in [1.165, 1.54) is 4.57 Å². The number of rotatable bonds is 2. The zero-order valence-electron chi connectivity index (χ0n) is 8.85. The zero-order valence-corrected chi connectivity index (χ0v) is 9.61. The molecule has 0 bridgehead atoms. The lowest BCUT2D eigenvalue weighted by Gasteiger charge is -2.12. The molecule has 0 unspecified atom stereocenters. The molecule has 0 aliphatic heterocycles. The summed E-state index contributed by atoms with van der Waals surface area (Å²) in [6, 6.07) is 6.77. The number of benzene rings is 1. The second kappa shape index (κ2) is 4.28. The van der Waals surface area contributed by atoms with Crippen LogP contribution in [0.2, 0.25) is 5.02 Å². The van der Waals surface area contributed by atoms with E-state index in [0.717, 1.165) is 5.39 Å². The number of halogens is 1. The Morgan fingerprint density at radius 1 is 1.44 bits per heavy atom. The average Bonchev–Trinajstić information content (AvgIpc) is 2.28. The third kappa shape index (κ3) is 1.84. The van der Waals surface area contributed by atoms with Crippen LogP contribution < -0.4 is 5.56 Å². The van der Waals surface area contributed by atoms with Crippen LogP contribution in [0.25, 0.3) is 10.8 Å². The molecular weight excluding hydrogens is 226 g/mol. The molecular formula is C12H12ClNO2. The highest BCUT2D eigenvalue weighted by atomic mass is 35.5. The number of nitrogens with zero attached hydrogens (tertiary/aromatic N) is 1. The molecule has 1 aromatic carbocycles. The van der Waals surface area contributed by atoms with E-state index in [9.17, 15) is 4.79 Å². The van der Waals surface area contributed by atoms with Crippen LogP contribution in [0.1, 0.15) is 13.0 Å². The van der Waals surface area contributed by atoms with Crippen LogP contribution >= 0.6 is 11.6 Å². The van der Waals surface area contributed by atoms with E-state index < -0.39 is 0 Å². The quantitative estimate of drug-likeness (QED) is 0.870. The number of aromatic nitrogens is 1. The summed E-state index contributed by atoms with van der Waals surface area (Å²) in [6.07, 6.45) is 1.68. The van der Waals surface area contributed by atoms with Crippen molar-refractivity contribution >= 4 is 22.4 Å². The largest absolute Gasteiger partial charge is 0.394 e. The highest BCUT2D eigenvalue weighted by Gasteiger charge is 2.07. The second-order valence-corrected chi connectivity index (χ2v) is 4.23. The molecule has 4 heteroatoms. The van der Waals surface area contributed by atoms with Gasteiger partial charge in [0.1, 0.15) is 0 Å². The molecule has 0 fully saturated rings. The molecule has 16 heavy (non-hydrogen) atoms. The Balaban J connectivity index is 2.71. The van der Waals surface area contributed by atoms with E-state index in [4.69, 9.17) is 16.7 Å². The fraction of sp³-hybridized carbons (Fsp3) is 0.250. The van der Waals surface area contributed by atoms with Crippen molar-refractivity contribution in [1.29, 1.82) is 0 Å². The SMILES string of the molecule is C[C@H](CO)n1ccc2cc(Cl)ccc2c1=O. The van der Waals surface area contributed by atoms with Crippen molar-refractivity contribution in [1.82, 2.24) is 4.57 Å². The first-order chi connectivity index (χ1) is 7.63. The van der Waals surface area contributed by atoms with Crippen LogP contribution in [0.15, 0.2) is 35.3 Å². The average molecular weight is 238 g/mol. The lowest BCUT2D eigenvalue weighted by atomic mass is 10.1. The molecule has 0 spiro atoms. The third-order valence-electron chi connectivity index (χ3n) is 2.63. The van der Waals surface area contributed by atoms with Gasteiger partial charge in [0.15, 0.2) is 0 Å². The summed E-state index contributed by atoms with van der Waals surface area (Å²) in [4.78, 5) is 12.0. The molecule has 0 aliphatic carbocycles. The number of hydrogen-bond acceptors (Lipinski definition) is 2. The van der Waals surface area contributed by atoms with Gasteiger partial charge in [-0.05, 0) is 36.6 Å². The van der Waals surface area contributed by atoms with Gasteiger partial charge in [-0.2, -0.15) is 0 Å². The molecule has 0 saturated heterocycles. The van der Waals surface area contributed by atoms with Gasteiger partial charge in [0.05, 0.1) is 12.6 Å². The second-order valence-electron chi connectivity index (χ2n) is 3.79. The van der Waals surface area contributed by atoms with Gasteiger partial charge in [0.25, 0.3) is 5.56 Å². The number of pyridine rings is 1. The first kappa shape index (κ1) is 11.2. The van der Waals surface area contributed by atoms with Gasteiger partial charge in [-0.15, -0.1) is 0 Å². The summed E-state index contributed by atoms with van der Waals surface area (Å²) in [5.41, 5.74) is -0.101. The van der Waals surface area contributed by atoms with Crippen molar-refractivity contribution < 1.29 is 5.11 Å². The van der Waals surface area contributed by atoms with Crippen molar-refractivity contribution in [3.8, 4) is 0 Å². The molecule has 0 aliphatic rings. The van der Waals surface area contributed by atoms with E-state index in [0.29, 0.717) is 10.4 Å².